The van der Waals surface area contributed by atoms with Crippen LogP contribution in [0.3, 0.4) is 0 Å². The van der Waals surface area contributed by atoms with Crippen LogP contribution in [0.15, 0.2) is 40.4 Å². The van der Waals surface area contributed by atoms with Gasteiger partial charge in [-0.2, -0.15) is 0 Å². The topological polar surface area (TPSA) is 36.4 Å². The molecule has 0 saturated carbocycles. The smallest absolute Gasteiger partial charge is 0.264 e. The summed E-state index contributed by atoms with van der Waals surface area (Å²) in [5, 5.41) is 0. The highest BCUT2D eigenvalue weighted by Gasteiger charge is 2.18. The molecule has 0 aromatic carbocycles. The number of nitrogens with zero attached hydrogens (tertiary/aromatic N) is 3. The third kappa shape index (κ3) is 4.91. The molecule has 2 aromatic heterocycles. The summed E-state index contributed by atoms with van der Waals surface area (Å²) < 4.78 is 0.972. The first-order chi connectivity index (χ1) is 10.1. The lowest BCUT2D eigenvalue weighted by atomic mass is 10.2. The van der Waals surface area contributed by atoms with Gasteiger partial charge in [-0.05, 0) is 53.8 Å². The van der Waals surface area contributed by atoms with Gasteiger partial charge < -0.3 is 9.80 Å². The van der Waals surface area contributed by atoms with Crippen molar-refractivity contribution in [1.29, 1.82) is 0 Å². The Kier molecular flexibility index (Phi) is 5.90. The predicted molar refractivity (Wildman–Crippen MR) is 89.6 cm³/mol. The van der Waals surface area contributed by atoms with Crippen molar-refractivity contribution < 1.29 is 4.79 Å². The third-order valence-electron chi connectivity index (χ3n) is 2.98. The molecule has 0 saturated heterocycles. The summed E-state index contributed by atoms with van der Waals surface area (Å²) >= 11 is 4.87. The third-order valence-corrected chi connectivity index (χ3v) is 4.60. The molecule has 0 atom stereocenters. The fourth-order valence-corrected chi connectivity index (χ4v) is 3.22. The van der Waals surface area contributed by atoms with E-state index in [9.17, 15) is 4.79 Å². The highest BCUT2D eigenvalue weighted by atomic mass is 79.9. The Morgan fingerprint density at radius 1 is 1.29 bits per heavy atom. The zero-order valence-corrected chi connectivity index (χ0v) is 14.5. The molecule has 0 aliphatic carbocycles. The lowest BCUT2D eigenvalue weighted by Gasteiger charge is -2.24. The molecule has 0 N–H and O–H groups in total. The molecule has 21 heavy (non-hydrogen) atoms. The summed E-state index contributed by atoms with van der Waals surface area (Å²) in [5.41, 5.74) is 1.04. The number of carbonyl (C=O) groups is 1. The van der Waals surface area contributed by atoms with E-state index in [0.717, 1.165) is 20.8 Å². The van der Waals surface area contributed by atoms with Crippen molar-refractivity contribution in [1.82, 2.24) is 14.8 Å². The van der Waals surface area contributed by atoms with E-state index in [1.54, 1.807) is 12.4 Å². The number of hydrogen-bond donors (Lipinski definition) is 0. The zero-order chi connectivity index (χ0) is 15.2. The average molecular weight is 368 g/mol. The van der Waals surface area contributed by atoms with Crippen LogP contribution in [-0.2, 0) is 6.54 Å². The van der Waals surface area contributed by atoms with Gasteiger partial charge in [0.25, 0.3) is 5.91 Å². The van der Waals surface area contributed by atoms with Crippen LogP contribution in [-0.4, -0.2) is 47.9 Å². The minimum Gasteiger partial charge on any atom is -0.332 e. The average Bonchev–Trinajstić information content (AvgIpc) is 2.90. The van der Waals surface area contributed by atoms with Gasteiger partial charge in [0.2, 0.25) is 0 Å². The Labute approximate surface area is 137 Å². The van der Waals surface area contributed by atoms with Crippen molar-refractivity contribution in [2.75, 3.05) is 27.2 Å². The summed E-state index contributed by atoms with van der Waals surface area (Å²) in [5.74, 6) is 0.0661. The van der Waals surface area contributed by atoms with Gasteiger partial charge in [0, 0.05) is 32.0 Å². The molecule has 2 rings (SSSR count). The number of likely N-dealkylation sites (N-methyl/N-ethyl adjacent to an activating group) is 1. The van der Waals surface area contributed by atoms with Crippen LogP contribution in [0.2, 0.25) is 0 Å². The summed E-state index contributed by atoms with van der Waals surface area (Å²) in [6.45, 7) is 2.10. The molecular weight excluding hydrogens is 350 g/mol. The molecule has 0 aliphatic heterocycles. The van der Waals surface area contributed by atoms with Gasteiger partial charge >= 0.3 is 0 Å². The normalized spacial score (nSPS) is 10.9. The van der Waals surface area contributed by atoms with Crippen molar-refractivity contribution >= 4 is 33.2 Å². The SMILES string of the molecule is CN(C)CCN(Cc1cccnc1)C(=O)c1ccc(Br)s1. The lowest BCUT2D eigenvalue weighted by molar-refractivity contribution is 0.0737. The van der Waals surface area contributed by atoms with E-state index in [4.69, 9.17) is 0 Å². The minimum absolute atomic E-state index is 0.0661. The van der Waals surface area contributed by atoms with E-state index in [0.29, 0.717) is 13.1 Å². The zero-order valence-electron chi connectivity index (χ0n) is 12.1. The maximum atomic E-state index is 12.7. The predicted octanol–water partition coefficient (Wildman–Crippen LogP) is 3.11. The van der Waals surface area contributed by atoms with E-state index in [-0.39, 0.29) is 5.91 Å². The number of aromatic nitrogens is 1. The molecule has 4 nitrogen and oxygen atoms in total. The fraction of sp³-hybridized carbons (Fsp3) is 0.333. The Morgan fingerprint density at radius 2 is 2.10 bits per heavy atom. The van der Waals surface area contributed by atoms with E-state index in [1.165, 1.54) is 11.3 Å². The molecule has 2 heterocycles. The maximum Gasteiger partial charge on any atom is 0.264 e. The van der Waals surface area contributed by atoms with Crippen LogP contribution < -0.4 is 0 Å². The van der Waals surface area contributed by atoms with E-state index < -0.39 is 0 Å². The number of halogens is 1. The van der Waals surface area contributed by atoms with E-state index >= 15 is 0 Å². The first-order valence-corrected chi connectivity index (χ1v) is 8.25. The summed E-state index contributed by atoms with van der Waals surface area (Å²) in [7, 11) is 4.02. The van der Waals surface area contributed by atoms with Crippen LogP contribution in [0.25, 0.3) is 0 Å². The number of rotatable bonds is 6. The molecule has 6 heteroatoms. The Hall–Kier alpha value is -1.24. The van der Waals surface area contributed by atoms with Crippen molar-refractivity contribution in [2.24, 2.45) is 0 Å². The largest absolute Gasteiger partial charge is 0.332 e. The summed E-state index contributed by atoms with van der Waals surface area (Å²) in [6, 6.07) is 7.66. The second-order valence-corrected chi connectivity index (χ2v) is 7.46. The van der Waals surface area contributed by atoms with Crippen LogP contribution in [0.4, 0.5) is 0 Å². The van der Waals surface area contributed by atoms with Crippen molar-refractivity contribution in [2.45, 2.75) is 6.54 Å². The fourth-order valence-electron chi connectivity index (χ4n) is 1.87. The molecule has 0 fully saturated rings. The number of pyridine rings is 1. The molecule has 0 spiro atoms. The Bertz CT molecular complexity index is 586. The molecule has 0 unspecified atom stereocenters. The minimum atomic E-state index is 0.0661. The van der Waals surface area contributed by atoms with Crippen molar-refractivity contribution in [3.8, 4) is 0 Å². The van der Waals surface area contributed by atoms with Crippen LogP contribution >= 0.6 is 27.3 Å². The number of amides is 1. The standard InChI is InChI=1S/C15H18BrN3OS/c1-18(2)8-9-19(11-12-4-3-7-17-10-12)15(20)13-5-6-14(16)21-13/h3-7,10H,8-9,11H2,1-2H3. The van der Waals surface area contributed by atoms with Gasteiger partial charge in [-0.1, -0.05) is 6.07 Å². The van der Waals surface area contributed by atoms with Crippen molar-refractivity contribution in [3.05, 3.63) is 50.9 Å². The first-order valence-electron chi connectivity index (χ1n) is 6.64. The lowest BCUT2D eigenvalue weighted by Crippen LogP contribution is -2.35. The van der Waals surface area contributed by atoms with Gasteiger partial charge in [0.1, 0.15) is 0 Å². The maximum absolute atomic E-state index is 12.7. The molecular formula is C15H18BrN3OS. The van der Waals surface area contributed by atoms with Crippen LogP contribution in [0, 0.1) is 0 Å². The van der Waals surface area contributed by atoms with Crippen molar-refractivity contribution in [3.63, 3.8) is 0 Å². The molecule has 0 bridgehead atoms. The van der Waals surface area contributed by atoms with Gasteiger partial charge in [-0.25, -0.2) is 0 Å². The van der Waals surface area contributed by atoms with E-state index in [1.807, 2.05) is 43.3 Å². The quantitative estimate of drug-likeness (QED) is 0.786. The molecule has 0 aliphatic rings. The van der Waals surface area contributed by atoms with Gasteiger partial charge in [-0.15, -0.1) is 11.3 Å². The number of thiophene rings is 1. The Morgan fingerprint density at radius 3 is 2.67 bits per heavy atom. The highest BCUT2D eigenvalue weighted by molar-refractivity contribution is 9.11. The van der Waals surface area contributed by atoms with Crippen LogP contribution in [0.1, 0.15) is 15.2 Å². The number of hydrogen-bond acceptors (Lipinski definition) is 4. The van der Waals surface area contributed by atoms with Gasteiger partial charge in [0.05, 0.1) is 8.66 Å². The first kappa shape index (κ1) is 16.1. The molecule has 112 valence electrons. The van der Waals surface area contributed by atoms with E-state index in [2.05, 4.69) is 25.8 Å². The monoisotopic (exact) mass is 367 g/mol. The molecule has 2 aromatic rings. The second-order valence-electron chi connectivity index (χ2n) is 5.00. The summed E-state index contributed by atoms with van der Waals surface area (Å²) in [6.07, 6.45) is 3.55. The second kappa shape index (κ2) is 7.68. The highest BCUT2D eigenvalue weighted by Crippen LogP contribution is 2.23. The summed E-state index contributed by atoms with van der Waals surface area (Å²) in [4.78, 5) is 21.5. The Balaban J connectivity index is 2.13. The van der Waals surface area contributed by atoms with Gasteiger partial charge in [-0.3, -0.25) is 9.78 Å². The molecule has 0 radical (unpaired) electrons. The van der Waals surface area contributed by atoms with Gasteiger partial charge in [0.15, 0.2) is 0 Å². The molecule has 1 amide bonds. The van der Waals surface area contributed by atoms with Crippen LogP contribution in [0.5, 0.6) is 0 Å². The number of carbonyl (C=O) groups excluding carboxylic acids is 1.